The van der Waals surface area contributed by atoms with E-state index in [1.807, 2.05) is 24.3 Å². The van der Waals surface area contributed by atoms with E-state index in [0.29, 0.717) is 12.1 Å². The Kier molecular flexibility index (Phi) is 5.86. The number of likely N-dealkylation sites (tertiary alicyclic amines) is 1. The van der Waals surface area contributed by atoms with Crippen LogP contribution in [0, 0.1) is 0 Å². The SMILES string of the molecule is O=C(N[C@@H](Cc1ccc(O)cc1)C(=O)N1CCCC2OCC(=O)C21)c1csc2ccccc12. The maximum atomic E-state index is 13.7. The van der Waals surface area contributed by atoms with E-state index in [-0.39, 0.29) is 42.5 Å². The van der Waals surface area contributed by atoms with Gasteiger partial charge in [-0.3, -0.25) is 14.4 Å². The zero-order valence-corrected chi connectivity index (χ0v) is 18.7. The van der Waals surface area contributed by atoms with Crippen LogP contribution in [0.25, 0.3) is 10.1 Å². The summed E-state index contributed by atoms with van der Waals surface area (Å²) in [6.07, 6.45) is 1.46. The van der Waals surface area contributed by atoms with E-state index >= 15 is 0 Å². The Bertz CT molecular complexity index is 1200. The minimum atomic E-state index is -0.854. The Morgan fingerprint density at radius 3 is 2.79 bits per heavy atom. The highest BCUT2D eigenvalue weighted by atomic mass is 32.1. The first-order valence-corrected chi connectivity index (χ1v) is 11.9. The van der Waals surface area contributed by atoms with Gasteiger partial charge in [0.15, 0.2) is 5.78 Å². The van der Waals surface area contributed by atoms with Gasteiger partial charge in [-0.15, -0.1) is 11.3 Å². The van der Waals surface area contributed by atoms with Gasteiger partial charge in [0.1, 0.15) is 24.4 Å². The first kappa shape index (κ1) is 21.6. The number of nitrogens with one attached hydrogen (secondary N) is 1. The zero-order valence-electron chi connectivity index (χ0n) is 17.9. The number of fused-ring (bicyclic) bond motifs is 2. The van der Waals surface area contributed by atoms with Gasteiger partial charge in [-0.05, 0) is 36.6 Å². The van der Waals surface area contributed by atoms with Crippen LogP contribution >= 0.6 is 11.3 Å². The average Bonchev–Trinajstić information content (AvgIpc) is 3.43. The van der Waals surface area contributed by atoms with E-state index in [9.17, 15) is 19.5 Å². The molecule has 0 saturated carbocycles. The minimum Gasteiger partial charge on any atom is -0.508 e. The van der Waals surface area contributed by atoms with Gasteiger partial charge in [0.2, 0.25) is 5.91 Å². The van der Waals surface area contributed by atoms with Gasteiger partial charge in [0.05, 0.1) is 11.7 Å². The largest absolute Gasteiger partial charge is 0.508 e. The summed E-state index contributed by atoms with van der Waals surface area (Å²) in [4.78, 5) is 41.0. The summed E-state index contributed by atoms with van der Waals surface area (Å²) in [6, 6.07) is 12.8. The Labute approximate surface area is 195 Å². The van der Waals surface area contributed by atoms with Crippen molar-refractivity contribution in [3.05, 3.63) is 65.0 Å². The number of thiophene rings is 1. The van der Waals surface area contributed by atoms with Crippen molar-refractivity contribution in [3.63, 3.8) is 0 Å². The van der Waals surface area contributed by atoms with Gasteiger partial charge in [0, 0.05) is 28.4 Å². The summed E-state index contributed by atoms with van der Waals surface area (Å²) in [5.74, 6) is -0.578. The number of Topliss-reactive ketones (excluding diaryl/α,β-unsaturated/α-hetero) is 1. The highest BCUT2D eigenvalue weighted by molar-refractivity contribution is 7.17. The molecule has 33 heavy (non-hydrogen) atoms. The lowest BCUT2D eigenvalue weighted by Gasteiger charge is -2.37. The summed E-state index contributed by atoms with van der Waals surface area (Å²) in [7, 11) is 0. The molecule has 7 nitrogen and oxygen atoms in total. The molecule has 2 aliphatic rings. The van der Waals surface area contributed by atoms with Gasteiger partial charge < -0.3 is 20.1 Å². The lowest BCUT2D eigenvalue weighted by atomic mass is 9.95. The van der Waals surface area contributed by atoms with Crippen LogP contribution in [0.5, 0.6) is 5.75 Å². The number of carbonyl (C=O) groups excluding carboxylic acids is 3. The molecule has 8 heteroatoms. The monoisotopic (exact) mass is 464 g/mol. The molecular formula is C25H24N2O5S. The molecule has 2 aromatic carbocycles. The van der Waals surface area contributed by atoms with Gasteiger partial charge in [-0.25, -0.2) is 0 Å². The molecule has 0 spiro atoms. The number of ether oxygens (including phenoxy) is 1. The summed E-state index contributed by atoms with van der Waals surface area (Å²) < 4.78 is 6.59. The fraction of sp³-hybridized carbons (Fsp3) is 0.320. The fourth-order valence-electron chi connectivity index (χ4n) is 4.70. The number of amides is 2. The molecule has 2 amide bonds. The first-order chi connectivity index (χ1) is 16.0. The number of hydrogen-bond donors (Lipinski definition) is 2. The van der Waals surface area contributed by atoms with Gasteiger partial charge in [0.25, 0.3) is 5.91 Å². The molecule has 0 bridgehead atoms. The van der Waals surface area contributed by atoms with E-state index in [0.717, 1.165) is 28.5 Å². The fourth-order valence-corrected chi connectivity index (χ4v) is 5.64. The van der Waals surface area contributed by atoms with Crippen molar-refractivity contribution in [1.29, 1.82) is 0 Å². The molecule has 170 valence electrons. The summed E-state index contributed by atoms with van der Waals surface area (Å²) >= 11 is 1.48. The van der Waals surface area contributed by atoms with Crippen molar-refractivity contribution in [2.45, 2.75) is 37.5 Å². The second kappa shape index (κ2) is 8.96. The van der Waals surface area contributed by atoms with Gasteiger partial charge in [-0.1, -0.05) is 30.3 Å². The lowest BCUT2D eigenvalue weighted by Crippen LogP contribution is -2.58. The highest BCUT2D eigenvalue weighted by Crippen LogP contribution is 2.28. The topological polar surface area (TPSA) is 95.9 Å². The van der Waals surface area contributed by atoms with Crippen molar-refractivity contribution in [1.82, 2.24) is 10.2 Å². The van der Waals surface area contributed by atoms with Crippen molar-refractivity contribution in [2.24, 2.45) is 0 Å². The van der Waals surface area contributed by atoms with Crippen LogP contribution in [-0.4, -0.2) is 58.9 Å². The van der Waals surface area contributed by atoms with Crippen LogP contribution in [0.15, 0.2) is 53.9 Å². The van der Waals surface area contributed by atoms with Crippen molar-refractivity contribution >= 4 is 39.0 Å². The van der Waals surface area contributed by atoms with Crippen LogP contribution in [0.1, 0.15) is 28.8 Å². The Balaban J connectivity index is 1.43. The third kappa shape index (κ3) is 4.24. The normalized spacial score (nSPS) is 21.1. The second-order valence-corrected chi connectivity index (χ2v) is 9.39. The molecule has 2 fully saturated rings. The number of benzene rings is 2. The molecule has 0 radical (unpaired) electrons. The number of ketones is 1. The predicted octanol–water partition coefficient (Wildman–Crippen LogP) is 2.91. The molecule has 2 saturated heterocycles. The van der Waals surface area contributed by atoms with Gasteiger partial charge in [-0.2, -0.15) is 0 Å². The zero-order chi connectivity index (χ0) is 22.9. The number of rotatable bonds is 5. The highest BCUT2D eigenvalue weighted by Gasteiger charge is 2.45. The summed E-state index contributed by atoms with van der Waals surface area (Å²) in [5, 5.41) is 15.2. The number of hydrogen-bond acceptors (Lipinski definition) is 6. The minimum absolute atomic E-state index is 0.0228. The number of nitrogens with zero attached hydrogens (tertiary/aromatic N) is 1. The number of carbonyl (C=O) groups is 3. The standard InChI is InChI=1S/C25H24N2O5S/c28-16-9-7-15(8-10-16)12-19(25(31)27-11-3-5-21-23(27)20(29)13-32-21)26-24(30)18-14-33-22-6-2-1-4-17(18)22/h1-2,4,6-10,14,19,21,23,28H,3,5,11-13H2,(H,26,30)/t19-,21?,23?/m0/s1. The van der Waals surface area contributed by atoms with Crippen LogP contribution in [0.3, 0.4) is 0 Å². The van der Waals surface area contributed by atoms with E-state index in [4.69, 9.17) is 4.74 Å². The third-order valence-corrected chi connectivity index (χ3v) is 7.30. The smallest absolute Gasteiger partial charge is 0.253 e. The molecule has 5 rings (SSSR count). The molecule has 3 aromatic rings. The van der Waals surface area contributed by atoms with Crippen molar-refractivity contribution in [3.8, 4) is 5.75 Å². The number of aromatic hydroxyl groups is 1. The molecule has 2 N–H and O–H groups in total. The summed E-state index contributed by atoms with van der Waals surface area (Å²) in [5.41, 5.74) is 1.32. The molecule has 3 atom stereocenters. The van der Waals surface area contributed by atoms with Crippen molar-refractivity contribution < 1.29 is 24.2 Å². The maximum Gasteiger partial charge on any atom is 0.253 e. The van der Waals surface area contributed by atoms with E-state index in [2.05, 4.69) is 5.32 Å². The number of piperidine rings is 1. The van der Waals surface area contributed by atoms with Gasteiger partial charge >= 0.3 is 0 Å². The maximum absolute atomic E-state index is 13.7. The average molecular weight is 465 g/mol. The quantitative estimate of drug-likeness (QED) is 0.605. The van der Waals surface area contributed by atoms with Crippen LogP contribution in [0.2, 0.25) is 0 Å². The first-order valence-electron chi connectivity index (χ1n) is 11.0. The summed E-state index contributed by atoms with van der Waals surface area (Å²) in [6.45, 7) is 0.480. The van der Waals surface area contributed by atoms with Crippen LogP contribution in [0.4, 0.5) is 0 Å². The Morgan fingerprint density at radius 2 is 1.97 bits per heavy atom. The molecule has 2 aliphatic heterocycles. The predicted molar refractivity (Wildman–Crippen MR) is 124 cm³/mol. The molecule has 1 aromatic heterocycles. The second-order valence-electron chi connectivity index (χ2n) is 8.48. The van der Waals surface area contributed by atoms with Crippen LogP contribution < -0.4 is 5.32 Å². The molecule has 0 aliphatic carbocycles. The number of phenolic OH excluding ortho intramolecular Hbond substituents is 1. The van der Waals surface area contributed by atoms with Crippen LogP contribution in [-0.2, 0) is 20.7 Å². The Hall–Kier alpha value is -3.23. The molecule has 2 unspecified atom stereocenters. The van der Waals surface area contributed by atoms with Crippen molar-refractivity contribution in [2.75, 3.05) is 13.2 Å². The third-order valence-electron chi connectivity index (χ3n) is 6.33. The number of phenols is 1. The van der Waals surface area contributed by atoms with E-state index < -0.39 is 12.1 Å². The Morgan fingerprint density at radius 1 is 1.18 bits per heavy atom. The van der Waals surface area contributed by atoms with E-state index in [1.165, 1.54) is 11.3 Å². The molecular weight excluding hydrogens is 440 g/mol. The molecule has 3 heterocycles. The lowest BCUT2D eigenvalue weighted by molar-refractivity contribution is -0.142. The van der Waals surface area contributed by atoms with E-state index in [1.54, 1.807) is 34.5 Å².